The molecule has 0 bridgehead atoms. The molecular formula is C18H23NO. The molecule has 0 heterocycles. The zero-order valence-electron chi connectivity index (χ0n) is 12.5. The van der Waals surface area contributed by atoms with Crippen molar-refractivity contribution in [3.8, 4) is 5.75 Å². The van der Waals surface area contributed by atoms with E-state index in [1.807, 2.05) is 6.07 Å². The second-order valence-electron chi connectivity index (χ2n) is 5.36. The van der Waals surface area contributed by atoms with E-state index in [0.29, 0.717) is 12.5 Å². The molecule has 0 fully saturated rings. The van der Waals surface area contributed by atoms with E-state index >= 15 is 0 Å². The van der Waals surface area contributed by atoms with Gasteiger partial charge in [-0.15, -0.1) is 0 Å². The highest BCUT2D eigenvalue weighted by Crippen LogP contribution is 2.27. The first-order valence-electron chi connectivity index (χ1n) is 7.04. The summed E-state index contributed by atoms with van der Waals surface area (Å²) in [6.07, 6.45) is 0.907. The van der Waals surface area contributed by atoms with Crippen molar-refractivity contribution in [1.29, 1.82) is 0 Å². The number of ether oxygens (including phenoxy) is 1. The van der Waals surface area contributed by atoms with E-state index in [4.69, 9.17) is 10.5 Å². The molecule has 2 aromatic carbocycles. The number of benzene rings is 2. The lowest BCUT2D eigenvalue weighted by Gasteiger charge is -2.18. The van der Waals surface area contributed by atoms with Crippen molar-refractivity contribution in [1.82, 2.24) is 0 Å². The molecule has 2 nitrogen and oxygen atoms in total. The van der Waals surface area contributed by atoms with Gasteiger partial charge >= 0.3 is 0 Å². The first-order chi connectivity index (χ1) is 9.63. The van der Waals surface area contributed by atoms with Crippen molar-refractivity contribution in [2.45, 2.75) is 26.2 Å². The summed E-state index contributed by atoms with van der Waals surface area (Å²) in [4.78, 5) is 0. The topological polar surface area (TPSA) is 35.2 Å². The van der Waals surface area contributed by atoms with Crippen LogP contribution in [0.3, 0.4) is 0 Å². The maximum atomic E-state index is 5.98. The molecule has 0 saturated heterocycles. The summed E-state index contributed by atoms with van der Waals surface area (Å²) < 4.78 is 5.46. The summed E-state index contributed by atoms with van der Waals surface area (Å²) in [7, 11) is 1.72. The van der Waals surface area contributed by atoms with Gasteiger partial charge in [-0.3, -0.25) is 0 Å². The van der Waals surface area contributed by atoms with Gasteiger partial charge in [0.25, 0.3) is 0 Å². The number of aryl methyl sites for hydroxylation is 2. The molecule has 2 N–H and O–H groups in total. The molecule has 0 radical (unpaired) electrons. The predicted molar refractivity (Wildman–Crippen MR) is 84.4 cm³/mol. The minimum absolute atomic E-state index is 0.325. The van der Waals surface area contributed by atoms with Crippen LogP contribution in [0, 0.1) is 13.8 Å². The van der Waals surface area contributed by atoms with E-state index < -0.39 is 0 Å². The highest BCUT2D eigenvalue weighted by Gasteiger charge is 2.13. The second-order valence-corrected chi connectivity index (χ2v) is 5.36. The van der Waals surface area contributed by atoms with Gasteiger partial charge in [0.1, 0.15) is 5.75 Å². The summed E-state index contributed by atoms with van der Waals surface area (Å²) in [5.41, 5.74) is 11.0. The Morgan fingerprint density at radius 2 is 1.65 bits per heavy atom. The maximum Gasteiger partial charge on any atom is 0.122 e. The molecule has 1 unspecified atom stereocenters. The van der Waals surface area contributed by atoms with E-state index in [1.54, 1.807) is 7.11 Å². The summed E-state index contributed by atoms with van der Waals surface area (Å²) >= 11 is 0. The minimum Gasteiger partial charge on any atom is -0.496 e. The van der Waals surface area contributed by atoms with Crippen LogP contribution in [-0.4, -0.2) is 13.7 Å². The molecule has 106 valence electrons. The van der Waals surface area contributed by atoms with Gasteiger partial charge in [-0.1, -0.05) is 47.5 Å². The van der Waals surface area contributed by atoms with Gasteiger partial charge in [-0.25, -0.2) is 0 Å². The van der Waals surface area contributed by atoms with Crippen molar-refractivity contribution in [2.75, 3.05) is 13.7 Å². The lowest BCUT2D eigenvalue weighted by atomic mass is 9.90. The van der Waals surface area contributed by atoms with Crippen LogP contribution in [0.1, 0.15) is 28.2 Å². The summed E-state index contributed by atoms with van der Waals surface area (Å²) in [6, 6.07) is 14.9. The molecule has 0 aliphatic rings. The number of hydrogen-bond donors (Lipinski definition) is 1. The first-order valence-corrected chi connectivity index (χ1v) is 7.04. The number of hydrogen-bond acceptors (Lipinski definition) is 2. The predicted octanol–water partition coefficient (Wildman–Crippen LogP) is 3.60. The Balaban J connectivity index is 2.26. The molecular weight excluding hydrogens is 246 g/mol. The molecule has 1 atom stereocenters. The molecule has 0 spiro atoms. The Labute approximate surface area is 121 Å². The van der Waals surface area contributed by atoms with Crippen molar-refractivity contribution >= 4 is 0 Å². The average molecular weight is 269 g/mol. The average Bonchev–Trinajstić information content (AvgIpc) is 2.46. The van der Waals surface area contributed by atoms with Crippen LogP contribution in [-0.2, 0) is 6.42 Å². The van der Waals surface area contributed by atoms with Gasteiger partial charge in [-0.05, 0) is 44.0 Å². The minimum atomic E-state index is 0.325. The standard InChI is InChI=1S/C18H23NO/c1-13-4-7-15(8-5-13)17(12-19)11-16-10-14(2)6-9-18(16)20-3/h4-10,17H,11-12,19H2,1-3H3. The van der Waals surface area contributed by atoms with E-state index in [2.05, 4.69) is 50.2 Å². The quantitative estimate of drug-likeness (QED) is 0.900. The van der Waals surface area contributed by atoms with Gasteiger partial charge < -0.3 is 10.5 Å². The highest BCUT2D eigenvalue weighted by molar-refractivity contribution is 5.39. The van der Waals surface area contributed by atoms with Crippen LogP contribution in [0.5, 0.6) is 5.75 Å². The third kappa shape index (κ3) is 3.40. The smallest absolute Gasteiger partial charge is 0.122 e. The lowest BCUT2D eigenvalue weighted by molar-refractivity contribution is 0.408. The van der Waals surface area contributed by atoms with Crippen molar-refractivity contribution in [2.24, 2.45) is 5.73 Å². The normalized spacial score (nSPS) is 12.2. The molecule has 0 saturated carbocycles. The fraction of sp³-hybridized carbons (Fsp3) is 0.333. The summed E-state index contributed by atoms with van der Waals surface area (Å²) in [5, 5.41) is 0. The van der Waals surface area contributed by atoms with Gasteiger partial charge in [0, 0.05) is 5.92 Å². The Morgan fingerprint density at radius 1 is 1.00 bits per heavy atom. The van der Waals surface area contributed by atoms with Crippen LogP contribution >= 0.6 is 0 Å². The van der Waals surface area contributed by atoms with Crippen LogP contribution in [0.4, 0.5) is 0 Å². The van der Waals surface area contributed by atoms with E-state index in [-0.39, 0.29) is 0 Å². The Morgan fingerprint density at radius 3 is 2.25 bits per heavy atom. The molecule has 0 amide bonds. The Kier molecular flexibility index (Phi) is 4.80. The zero-order chi connectivity index (χ0) is 14.5. The molecule has 0 aliphatic carbocycles. The highest BCUT2D eigenvalue weighted by atomic mass is 16.5. The van der Waals surface area contributed by atoms with Crippen LogP contribution in [0.25, 0.3) is 0 Å². The fourth-order valence-electron chi connectivity index (χ4n) is 2.51. The molecule has 2 aromatic rings. The van der Waals surface area contributed by atoms with E-state index in [9.17, 15) is 0 Å². The molecule has 20 heavy (non-hydrogen) atoms. The summed E-state index contributed by atoms with van der Waals surface area (Å²) in [6.45, 7) is 4.84. The molecule has 2 heteroatoms. The van der Waals surface area contributed by atoms with Gasteiger partial charge in [0.15, 0.2) is 0 Å². The number of methoxy groups -OCH3 is 1. The fourth-order valence-corrected chi connectivity index (χ4v) is 2.51. The Bertz CT molecular complexity index is 560. The van der Waals surface area contributed by atoms with Crippen molar-refractivity contribution in [3.63, 3.8) is 0 Å². The number of nitrogens with two attached hydrogens (primary N) is 1. The van der Waals surface area contributed by atoms with Crippen LogP contribution < -0.4 is 10.5 Å². The van der Waals surface area contributed by atoms with Crippen LogP contribution in [0.15, 0.2) is 42.5 Å². The molecule has 0 aliphatic heterocycles. The third-order valence-electron chi connectivity index (χ3n) is 3.74. The SMILES string of the molecule is COc1ccc(C)cc1CC(CN)c1ccc(C)cc1. The van der Waals surface area contributed by atoms with Crippen molar-refractivity contribution < 1.29 is 4.74 Å². The molecule has 2 rings (SSSR count). The first kappa shape index (κ1) is 14.6. The van der Waals surface area contributed by atoms with Gasteiger partial charge in [0.2, 0.25) is 0 Å². The number of rotatable bonds is 5. The zero-order valence-corrected chi connectivity index (χ0v) is 12.5. The summed E-state index contributed by atoms with van der Waals surface area (Å²) in [5.74, 6) is 1.27. The van der Waals surface area contributed by atoms with Gasteiger partial charge in [-0.2, -0.15) is 0 Å². The third-order valence-corrected chi connectivity index (χ3v) is 3.74. The van der Waals surface area contributed by atoms with E-state index in [1.165, 1.54) is 22.3 Å². The van der Waals surface area contributed by atoms with Crippen LogP contribution in [0.2, 0.25) is 0 Å². The second kappa shape index (κ2) is 6.58. The maximum absolute atomic E-state index is 5.98. The largest absolute Gasteiger partial charge is 0.496 e. The lowest BCUT2D eigenvalue weighted by Crippen LogP contribution is -2.15. The van der Waals surface area contributed by atoms with Crippen molar-refractivity contribution in [3.05, 3.63) is 64.7 Å². The molecule has 0 aromatic heterocycles. The Hall–Kier alpha value is -1.80. The van der Waals surface area contributed by atoms with E-state index in [0.717, 1.165) is 12.2 Å². The van der Waals surface area contributed by atoms with Gasteiger partial charge in [0.05, 0.1) is 7.11 Å². The monoisotopic (exact) mass is 269 g/mol.